The highest BCUT2D eigenvalue weighted by Gasteiger charge is 2.30. The summed E-state index contributed by atoms with van der Waals surface area (Å²) in [6.07, 6.45) is 2.68. The molecule has 20 heavy (non-hydrogen) atoms. The standard InChI is InChI=1S/C15H18FN3O/c1-9-12(8-19(3)18-9)15-7-13(17-2)11-5-4-10(16)6-14(11)20-15/h4-6,8,13,15,17H,7H2,1-3H3. The molecule has 2 heterocycles. The van der Waals surface area contributed by atoms with E-state index in [9.17, 15) is 4.39 Å². The number of nitrogens with zero attached hydrogens (tertiary/aromatic N) is 2. The van der Waals surface area contributed by atoms with E-state index in [4.69, 9.17) is 4.74 Å². The van der Waals surface area contributed by atoms with Crippen LogP contribution in [0.1, 0.15) is 35.4 Å². The second kappa shape index (κ2) is 4.90. The molecule has 106 valence electrons. The highest BCUT2D eigenvalue weighted by atomic mass is 19.1. The fourth-order valence-electron chi connectivity index (χ4n) is 2.84. The number of halogens is 1. The van der Waals surface area contributed by atoms with Crippen molar-refractivity contribution in [2.75, 3.05) is 7.05 Å². The number of benzene rings is 1. The number of hydrogen-bond acceptors (Lipinski definition) is 3. The summed E-state index contributed by atoms with van der Waals surface area (Å²) < 4.78 is 21.2. The first-order valence-corrected chi connectivity index (χ1v) is 6.72. The second-order valence-electron chi connectivity index (χ2n) is 5.21. The van der Waals surface area contributed by atoms with Crippen molar-refractivity contribution in [1.29, 1.82) is 0 Å². The van der Waals surface area contributed by atoms with Crippen molar-refractivity contribution in [3.05, 3.63) is 47.0 Å². The Hall–Kier alpha value is -1.88. The lowest BCUT2D eigenvalue weighted by Crippen LogP contribution is -2.27. The van der Waals surface area contributed by atoms with Crippen LogP contribution < -0.4 is 10.1 Å². The normalized spacial score (nSPS) is 21.4. The van der Waals surface area contributed by atoms with Crippen molar-refractivity contribution in [1.82, 2.24) is 15.1 Å². The summed E-state index contributed by atoms with van der Waals surface area (Å²) in [6.45, 7) is 1.97. The largest absolute Gasteiger partial charge is 0.485 e. The Morgan fingerprint density at radius 3 is 2.85 bits per heavy atom. The third kappa shape index (κ3) is 2.18. The first-order valence-electron chi connectivity index (χ1n) is 6.72. The van der Waals surface area contributed by atoms with Gasteiger partial charge in [0.1, 0.15) is 17.7 Å². The average molecular weight is 275 g/mol. The van der Waals surface area contributed by atoms with Crippen LogP contribution in [0.25, 0.3) is 0 Å². The Bertz CT molecular complexity index is 638. The Kier molecular flexibility index (Phi) is 3.22. The fourth-order valence-corrected chi connectivity index (χ4v) is 2.84. The van der Waals surface area contributed by atoms with Crippen LogP contribution in [0, 0.1) is 12.7 Å². The second-order valence-corrected chi connectivity index (χ2v) is 5.21. The summed E-state index contributed by atoms with van der Waals surface area (Å²) in [4.78, 5) is 0. The Balaban J connectivity index is 1.99. The summed E-state index contributed by atoms with van der Waals surface area (Å²) in [5, 5.41) is 7.63. The van der Waals surface area contributed by atoms with E-state index in [2.05, 4.69) is 10.4 Å². The predicted molar refractivity (Wildman–Crippen MR) is 74.1 cm³/mol. The molecular weight excluding hydrogens is 257 g/mol. The molecule has 0 saturated carbocycles. The molecule has 5 heteroatoms. The van der Waals surface area contributed by atoms with Crippen molar-refractivity contribution in [2.24, 2.45) is 7.05 Å². The van der Waals surface area contributed by atoms with Gasteiger partial charge in [-0.1, -0.05) is 6.07 Å². The van der Waals surface area contributed by atoms with E-state index in [-0.39, 0.29) is 18.0 Å². The zero-order valence-electron chi connectivity index (χ0n) is 11.9. The van der Waals surface area contributed by atoms with E-state index in [0.29, 0.717) is 5.75 Å². The van der Waals surface area contributed by atoms with Crippen molar-refractivity contribution >= 4 is 0 Å². The van der Waals surface area contributed by atoms with E-state index in [1.807, 2.05) is 27.2 Å². The van der Waals surface area contributed by atoms with E-state index in [1.165, 1.54) is 12.1 Å². The number of fused-ring (bicyclic) bond motifs is 1. The number of nitrogens with one attached hydrogen (secondary N) is 1. The van der Waals surface area contributed by atoms with Crippen molar-refractivity contribution in [3.8, 4) is 5.75 Å². The van der Waals surface area contributed by atoms with Gasteiger partial charge in [0.2, 0.25) is 0 Å². The summed E-state index contributed by atoms with van der Waals surface area (Å²) in [7, 11) is 3.80. The lowest BCUT2D eigenvalue weighted by atomic mass is 9.93. The number of hydrogen-bond donors (Lipinski definition) is 1. The van der Waals surface area contributed by atoms with Gasteiger partial charge in [-0.3, -0.25) is 4.68 Å². The van der Waals surface area contributed by atoms with Gasteiger partial charge in [-0.25, -0.2) is 4.39 Å². The van der Waals surface area contributed by atoms with Crippen LogP contribution in [0.3, 0.4) is 0 Å². The molecular formula is C15H18FN3O. The molecule has 3 rings (SSSR count). The molecule has 1 N–H and O–H groups in total. The number of aryl methyl sites for hydroxylation is 2. The van der Waals surface area contributed by atoms with Crippen LogP contribution in [0.5, 0.6) is 5.75 Å². The molecule has 0 amide bonds. The lowest BCUT2D eigenvalue weighted by molar-refractivity contribution is 0.152. The third-order valence-electron chi connectivity index (χ3n) is 3.82. The molecule has 1 aliphatic heterocycles. The van der Waals surface area contributed by atoms with E-state index in [1.54, 1.807) is 10.7 Å². The highest BCUT2D eigenvalue weighted by molar-refractivity contribution is 5.40. The molecule has 0 spiro atoms. The van der Waals surface area contributed by atoms with Gasteiger partial charge < -0.3 is 10.1 Å². The highest BCUT2D eigenvalue weighted by Crippen LogP contribution is 2.41. The van der Waals surface area contributed by atoms with Gasteiger partial charge in [0, 0.05) is 42.9 Å². The van der Waals surface area contributed by atoms with Crippen LogP contribution in [-0.2, 0) is 7.05 Å². The zero-order valence-corrected chi connectivity index (χ0v) is 11.9. The maximum absolute atomic E-state index is 13.4. The van der Waals surface area contributed by atoms with Gasteiger partial charge in [-0.15, -0.1) is 0 Å². The molecule has 1 aromatic carbocycles. The number of rotatable bonds is 2. The molecule has 2 atom stereocenters. The lowest BCUT2D eigenvalue weighted by Gasteiger charge is -2.32. The molecule has 0 aliphatic carbocycles. The average Bonchev–Trinajstić information content (AvgIpc) is 2.76. The minimum atomic E-state index is -0.276. The topological polar surface area (TPSA) is 39.1 Å². The molecule has 1 aromatic heterocycles. The summed E-state index contributed by atoms with van der Waals surface area (Å²) in [6, 6.07) is 4.88. The monoisotopic (exact) mass is 275 g/mol. The smallest absolute Gasteiger partial charge is 0.129 e. The van der Waals surface area contributed by atoms with Crippen molar-refractivity contribution < 1.29 is 9.13 Å². The first kappa shape index (κ1) is 13.1. The van der Waals surface area contributed by atoms with E-state index >= 15 is 0 Å². The Morgan fingerprint density at radius 2 is 2.20 bits per heavy atom. The molecule has 2 unspecified atom stereocenters. The van der Waals surface area contributed by atoms with Crippen LogP contribution >= 0.6 is 0 Å². The minimum absolute atomic E-state index is 0.101. The number of aromatic nitrogens is 2. The van der Waals surface area contributed by atoms with Crippen LogP contribution in [0.4, 0.5) is 4.39 Å². The van der Waals surface area contributed by atoms with Gasteiger partial charge in [0.05, 0.1) is 5.69 Å². The molecule has 4 nitrogen and oxygen atoms in total. The van der Waals surface area contributed by atoms with Crippen LogP contribution in [0.2, 0.25) is 0 Å². The Labute approximate surface area is 117 Å². The van der Waals surface area contributed by atoms with E-state index < -0.39 is 0 Å². The van der Waals surface area contributed by atoms with Crippen LogP contribution in [-0.4, -0.2) is 16.8 Å². The van der Waals surface area contributed by atoms with Crippen molar-refractivity contribution in [3.63, 3.8) is 0 Å². The SMILES string of the molecule is CNC1CC(c2cn(C)nc2C)Oc2cc(F)ccc21. The van der Waals surface area contributed by atoms with Gasteiger partial charge >= 0.3 is 0 Å². The maximum atomic E-state index is 13.4. The summed E-state index contributed by atoms with van der Waals surface area (Å²) in [5.74, 6) is 0.339. The van der Waals surface area contributed by atoms with Gasteiger partial charge in [-0.2, -0.15) is 5.10 Å². The molecule has 0 radical (unpaired) electrons. The predicted octanol–water partition coefficient (Wildman–Crippen LogP) is 2.65. The zero-order chi connectivity index (χ0) is 14.3. The van der Waals surface area contributed by atoms with Gasteiger partial charge in [0.25, 0.3) is 0 Å². The summed E-state index contributed by atoms with van der Waals surface area (Å²) >= 11 is 0. The van der Waals surface area contributed by atoms with E-state index in [0.717, 1.165) is 23.2 Å². The van der Waals surface area contributed by atoms with Crippen LogP contribution in [0.15, 0.2) is 24.4 Å². The Morgan fingerprint density at radius 1 is 1.40 bits per heavy atom. The first-order chi connectivity index (χ1) is 9.58. The molecule has 2 aromatic rings. The molecule has 0 bridgehead atoms. The molecule has 0 fully saturated rings. The van der Waals surface area contributed by atoms with Gasteiger partial charge in [-0.05, 0) is 20.0 Å². The third-order valence-corrected chi connectivity index (χ3v) is 3.82. The quantitative estimate of drug-likeness (QED) is 0.916. The molecule has 0 saturated heterocycles. The number of ether oxygens (including phenoxy) is 1. The minimum Gasteiger partial charge on any atom is -0.485 e. The summed E-state index contributed by atoms with van der Waals surface area (Å²) in [5.41, 5.74) is 3.02. The fraction of sp³-hybridized carbons (Fsp3) is 0.400. The maximum Gasteiger partial charge on any atom is 0.129 e. The van der Waals surface area contributed by atoms with Crippen molar-refractivity contribution in [2.45, 2.75) is 25.5 Å². The molecule has 1 aliphatic rings. The van der Waals surface area contributed by atoms with Gasteiger partial charge in [0.15, 0.2) is 0 Å².